The normalized spacial score (nSPS) is 20.8. The first-order valence-corrected chi connectivity index (χ1v) is 10.4. The summed E-state index contributed by atoms with van der Waals surface area (Å²) >= 11 is 0. The Hall–Kier alpha value is -3.97. The van der Waals surface area contributed by atoms with Crippen LogP contribution in [0.3, 0.4) is 0 Å². The van der Waals surface area contributed by atoms with Gasteiger partial charge in [0.05, 0.1) is 25.0 Å². The lowest BCUT2D eigenvalue weighted by Crippen LogP contribution is -2.54. The molecule has 3 N–H and O–H groups in total. The maximum atomic E-state index is 15.6. The van der Waals surface area contributed by atoms with E-state index in [4.69, 9.17) is 10.2 Å². The van der Waals surface area contributed by atoms with E-state index in [2.05, 4.69) is 10.4 Å². The Morgan fingerprint density at radius 3 is 2.76 bits per heavy atom. The van der Waals surface area contributed by atoms with E-state index in [1.165, 1.54) is 10.9 Å². The van der Waals surface area contributed by atoms with Crippen molar-refractivity contribution >= 4 is 18.1 Å². The van der Waals surface area contributed by atoms with Crippen molar-refractivity contribution < 1.29 is 18.4 Å². The molecule has 10 heteroatoms. The Morgan fingerprint density at radius 2 is 2.15 bits per heavy atom. The van der Waals surface area contributed by atoms with Crippen LogP contribution in [-0.2, 0) is 16.9 Å². The Labute approximate surface area is 189 Å². The molecule has 3 heterocycles. The molecule has 2 atom stereocenters. The topological polar surface area (TPSA) is 130 Å². The monoisotopic (exact) mass is 450 g/mol. The summed E-state index contributed by atoms with van der Waals surface area (Å²) in [7, 11) is 0. The molecule has 2 amide bonds. The molecular formula is C23H23FN6O3. The van der Waals surface area contributed by atoms with Gasteiger partial charge in [0.25, 0.3) is 5.91 Å². The quantitative estimate of drug-likeness (QED) is 0.508. The number of hydrogen-bond donors (Lipinski definition) is 2. The van der Waals surface area contributed by atoms with Gasteiger partial charge in [-0.25, -0.2) is 4.39 Å². The molecule has 1 fully saturated rings. The summed E-state index contributed by atoms with van der Waals surface area (Å²) in [6.45, 7) is 1.17. The maximum absolute atomic E-state index is 15.6. The highest BCUT2D eigenvalue weighted by molar-refractivity contribution is 5.99. The molecule has 1 aliphatic heterocycles. The smallest absolute Gasteiger partial charge is 0.254 e. The van der Waals surface area contributed by atoms with Crippen LogP contribution in [0.4, 0.5) is 10.2 Å². The standard InChI is InChI=1S/C23H23FN6O3/c24-20-13-29(11-16-1-3-17(4-2-16)18-5-10-33-14-18)9-7-23(20,6-8-25)30-12-19(21(26)32)22(28-30)27-15-31/h1-5,10,12,14-15,20H,6-7,9,11,13H2,(H2,26,32)(H,27,28,31). The van der Waals surface area contributed by atoms with Crippen molar-refractivity contribution in [2.45, 2.75) is 31.1 Å². The second kappa shape index (κ2) is 9.26. The first-order chi connectivity index (χ1) is 16.0. The molecule has 2 aromatic heterocycles. The fourth-order valence-electron chi connectivity index (χ4n) is 4.25. The molecule has 1 aliphatic rings. The number of amides is 2. The first-order valence-electron chi connectivity index (χ1n) is 10.4. The third-order valence-electron chi connectivity index (χ3n) is 6.09. The third-order valence-corrected chi connectivity index (χ3v) is 6.09. The number of carbonyl (C=O) groups is 2. The van der Waals surface area contributed by atoms with Crippen LogP contribution in [0, 0.1) is 11.3 Å². The van der Waals surface area contributed by atoms with E-state index in [1.54, 1.807) is 12.5 Å². The molecule has 0 spiro atoms. The summed E-state index contributed by atoms with van der Waals surface area (Å²) in [6.07, 6.45) is 3.70. The van der Waals surface area contributed by atoms with E-state index in [-0.39, 0.29) is 24.3 Å². The lowest BCUT2D eigenvalue weighted by atomic mass is 9.83. The van der Waals surface area contributed by atoms with Crippen LogP contribution in [0.15, 0.2) is 53.5 Å². The van der Waals surface area contributed by atoms with Crippen molar-refractivity contribution in [1.29, 1.82) is 5.26 Å². The zero-order valence-electron chi connectivity index (χ0n) is 17.8. The highest BCUT2D eigenvalue weighted by atomic mass is 19.1. The number of likely N-dealkylation sites (tertiary alicyclic amines) is 1. The Morgan fingerprint density at radius 1 is 1.36 bits per heavy atom. The van der Waals surface area contributed by atoms with Crippen molar-refractivity contribution in [1.82, 2.24) is 14.7 Å². The van der Waals surface area contributed by atoms with Gasteiger partial charge in [0.15, 0.2) is 5.82 Å². The van der Waals surface area contributed by atoms with E-state index in [9.17, 15) is 14.9 Å². The predicted molar refractivity (Wildman–Crippen MR) is 118 cm³/mol. The van der Waals surface area contributed by atoms with Crippen molar-refractivity contribution in [2.24, 2.45) is 5.73 Å². The van der Waals surface area contributed by atoms with E-state index in [0.29, 0.717) is 25.9 Å². The van der Waals surface area contributed by atoms with Crippen LogP contribution >= 0.6 is 0 Å². The summed E-state index contributed by atoms with van der Waals surface area (Å²) < 4.78 is 22.0. The second-order valence-electron chi connectivity index (χ2n) is 8.06. The number of nitrogens with one attached hydrogen (secondary N) is 1. The molecule has 4 rings (SSSR count). The second-order valence-corrected chi connectivity index (χ2v) is 8.06. The van der Waals surface area contributed by atoms with Crippen LogP contribution in [-0.4, -0.2) is 46.3 Å². The molecule has 1 aromatic carbocycles. The van der Waals surface area contributed by atoms with Gasteiger partial charge in [0.1, 0.15) is 17.3 Å². The Kier molecular flexibility index (Phi) is 6.24. The number of piperidine rings is 1. The third kappa shape index (κ3) is 4.36. The molecule has 0 bridgehead atoms. The first kappa shape index (κ1) is 22.2. The maximum Gasteiger partial charge on any atom is 0.254 e. The van der Waals surface area contributed by atoms with E-state index < -0.39 is 17.6 Å². The molecule has 9 nitrogen and oxygen atoms in total. The summed E-state index contributed by atoms with van der Waals surface area (Å²) in [4.78, 5) is 24.6. The zero-order chi connectivity index (χ0) is 23.4. The van der Waals surface area contributed by atoms with Crippen LogP contribution in [0.25, 0.3) is 11.1 Å². The number of hydrogen-bond acceptors (Lipinski definition) is 6. The number of alkyl halides is 1. The summed E-state index contributed by atoms with van der Waals surface area (Å²) in [5.41, 5.74) is 7.13. The zero-order valence-corrected chi connectivity index (χ0v) is 17.8. The van der Waals surface area contributed by atoms with Crippen molar-refractivity contribution in [3.05, 3.63) is 60.2 Å². The van der Waals surface area contributed by atoms with E-state index in [0.717, 1.165) is 16.7 Å². The number of nitrogens with zero attached hydrogens (tertiary/aromatic N) is 4. The van der Waals surface area contributed by atoms with Gasteiger partial charge >= 0.3 is 0 Å². The number of carbonyl (C=O) groups excluding carboxylic acids is 2. The van der Waals surface area contributed by atoms with Gasteiger partial charge in [-0.15, -0.1) is 0 Å². The number of nitriles is 1. The molecule has 0 saturated carbocycles. The van der Waals surface area contributed by atoms with Gasteiger partial charge in [-0.3, -0.25) is 19.2 Å². The Bertz CT molecular complexity index is 1170. The van der Waals surface area contributed by atoms with Gasteiger partial charge in [-0.05, 0) is 23.6 Å². The van der Waals surface area contributed by atoms with E-state index >= 15 is 4.39 Å². The van der Waals surface area contributed by atoms with Crippen molar-refractivity contribution in [3.63, 3.8) is 0 Å². The number of nitrogens with two attached hydrogens (primary N) is 1. The minimum Gasteiger partial charge on any atom is -0.472 e. The van der Waals surface area contributed by atoms with E-state index in [1.807, 2.05) is 41.3 Å². The van der Waals surface area contributed by atoms with Crippen LogP contribution in [0.2, 0.25) is 0 Å². The van der Waals surface area contributed by atoms with Gasteiger partial charge in [0, 0.05) is 31.4 Å². The number of benzene rings is 1. The number of primary amides is 1. The molecule has 2 unspecified atom stereocenters. The molecule has 3 aromatic rings. The molecule has 0 radical (unpaired) electrons. The van der Waals surface area contributed by atoms with Gasteiger partial charge in [-0.1, -0.05) is 24.3 Å². The highest BCUT2D eigenvalue weighted by Crippen LogP contribution is 2.37. The van der Waals surface area contributed by atoms with Crippen LogP contribution in [0.5, 0.6) is 0 Å². The predicted octanol–water partition coefficient (Wildman–Crippen LogP) is 2.66. The minimum absolute atomic E-state index is 0.0354. The van der Waals surface area contributed by atoms with Crippen molar-refractivity contribution in [3.8, 4) is 17.2 Å². The molecule has 1 saturated heterocycles. The van der Waals surface area contributed by atoms with Gasteiger partial charge < -0.3 is 15.5 Å². The number of halogens is 1. The van der Waals surface area contributed by atoms with Crippen LogP contribution in [0.1, 0.15) is 28.8 Å². The molecular weight excluding hydrogens is 427 g/mol. The SMILES string of the molecule is N#CCC1(n2cc(C(N)=O)c(NC=O)n2)CCN(Cc2ccc(-c3ccoc3)cc2)CC1F. The summed E-state index contributed by atoms with van der Waals surface area (Å²) in [5.74, 6) is -0.855. The largest absolute Gasteiger partial charge is 0.472 e. The highest BCUT2D eigenvalue weighted by Gasteiger charge is 2.46. The molecule has 0 aliphatic carbocycles. The Balaban J connectivity index is 1.51. The average molecular weight is 450 g/mol. The molecule has 170 valence electrons. The number of aromatic nitrogens is 2. The number of rotatable bonds is 8. The number of furan rings is 1. The minimum atomic E-state index is -1.43. The fraction of sp³-hybridized carbons (Fsp3) is 0.304. The lowest BCUT2D eigenvalue weighted by molar-refractivity contribution is -0.105. The lowest BCUT2D eigenvalue weighted by Gasteiger charge is -2.43. The van der Waals surface area contributed by atoms with Gasteiger partial charge in [-0.2, -0.15) is 10.4 Å². The summed E-state index contributed by atoms with van der Waals surface area (Å²) in [5, 5.41) is 15.9. The fourth-order valence-corrected chi connectivity index (χ4v) is 4.25. The van der Waals surface area contributed by atoms with Gasteiger partial charge in [0.2, 0.25) is 6.41 Å². The molecule has 33 heavy (non-hydrogen) atoms. The van der Waals surface area contributed by atoms with Crippen LogP contribution < -0.4 is 11.1 Å². The summed E-state index contributed by atoms with van der Waals surface area (Å²) in [6, 6.07) is 11.9. The van der Waals surface area contributed by atoms with Crippen molar-refractivity contribution in [2.75, 3.05) is 18.4 Å². The average Bonchev–Trinajstić information content (AvgIpc) is 3.47. The number of anilines is 1.